The fourth-order valence-corrected chi connectivity index (χ4v) is 2.36. The van der Waals surface area contributed by atoms with Gasteiger partial charge in [0.1, 0.15) is 0 Å². The maximum Gasteiger partial charge on any atom is 0.310 e. The van der Waals surface area contributed by atoms with E-state index in [0.29, 0.717) is 5.92 Å². The van der Waals surface area contributed by atoms with E-state index in [-0.39, 0.29) is 23.4 Å². The molecular formula is C15H26O2. The molecule has 0 amide bonds. The Kier molecular flexibility index (Phi) is 4.79. The summed E-state index contributed by atoms with van der Waals surface area (Å²) in [6.45, 7) is 10.3. The summed E-state index contributed by atoms with van der Waals surface area (Å²) < 4.78 is 5.29. The van der Waals surface area contributed by atoms with Crippen molar-refractivity contribution in [3.05, 3.63) is 12.2 Å². The van der Waals surface area contributed by atoms with E-state index in [2.05, 4.69) is 32.9 Å². The lowest BCUT2D eigenvalue weighted by molar-refractivity contribution is -0.150. The van der Waals surface area contributed by atoms with Crippen LogP contribution in [0.1, 0.15) is 53.9 Å². The molecule has 0 heterocycles. The van der Waals surface area contributed by atoms with Crippen molar-refractivity contribution in [2.75, 3.05) is 0 Å². The minimum Gasteiger partial charge on any atom is -0.463 e. The number of esters is 1. The van der Waals surface area contributed by atoms with Gasteiger partial charge in [0, 0.05) is 0 Å². The standard InChI is InChI=1S/C15H26O2/c1-6-7-8-9-10-12-13(15(12,4)5)14(16)17-11(2)3/h9-13H,6-8H2,1-5H3. The second-order valence-electron chi connectivity index (χ2n) is 5.88. The lowest BCUT2D eigenvalue weighted by atomic mass is 10.1. The molecule has 98 valence electrons. The van der Waals surface area contributed by atoms with Crippen molar-refractivity contribution in [2.24, 2.45) is 17.3 Å². The highest BCUT2D eigenvalue weighted by Gasteiger charge is 2.61. The van der Waals surface area contributed by atoms with Gasteiger partial charge in [0.2, 0.25) is 0 Å². The Morgan fingerprint density at radius 3 is 2.59 bits per heavy atom. The molecule has 0 bridgehead atoms. The number of carbonyl (C=O) groups excluding carboxylic acids is 1. The Hall–Kier alpha value is -0.790. The zero-order chi connectivity index (χ0) is 13.1. The van der Waals surface area contributed by atoms with E-state index in [9.17, 15) is 4.79 Å². The molecule has 0 N–H and O–H groups in total. The zero-order valence-electron chi connectivity index (χ0n) is 11.8. The van der Waals surface area contributed by atoms with E-state index >= 15 is 0 Å². The van der Waals surface area contributed by atoms with E-state index in [4.69, 9.17) is 4.74 Å². The highest BCUT2D eigenvalue weighted by atomic mass is 16.5. The van der Waals surface area contributed by atoms with Crippen molar-refractivity contribution < 1.29 is 9.53 Å². The van der Waals surface area contributed by atoms with Crippen LogP contribution in [-0.2, 0) is 9.53 Å². The first-order chi connectivity index (χ1) is 7.91. The molecule has 2 nitrogen and oxygen atoms in total. The number of ether oxygens (including phenoxy) is 1. The third kappa shape index (κ3) is 3.58. The van der Waals surface area contributed by atoms with Gasteiger partial charge in [-0.1, -0.05) is 45.8 Å². The quantitative estimate of drug-likeness (QED) is 0.398. The first-order valence-electron chi connectivity index (χ1n) is 6.78. The van der Waals surface area contributed by atoms with Gasteiger partial charge in [-0.3, -0.25) is 4.79 Å². The SMILES string of the molecule is CCCCC=CC1C(C(=O)OC(C)C)C1(C)C. The molecule has 1 rings (SSSR count). The van der Waals surface area contributed by atoms with Gasteiger partial charge in [0.15, 0.2) is 0 Å². The third-order valence-electron chi connectivity index (χ3n) is 3.58. The highest BCUT2D eigenvalue weighted by molar-refractivity contribution is 5.78. The number of hydrogen-bond acceptors (Lipinski definition) is 2. The largest absolute Gasteiger partial charge is 0.463 e. The third-order valence-corrected chi connectivity index (χ3v) is 3.58. The summed E-state index contributed by atoms with van der Waals surface area (Å²) in [5.74, 6) is 0.392. The molecule has 17 heavy (non-hydrogen) atoms. The molecule has 0 aliphatic heterocycles. The number of carbonyl (C=O) groups is 1. The lowest BCUT2D eigenvalue weighted by Gasteiger charge is -2.08. The molecule has 0 radical (unpaired) electrons. The van der Waals surface area contributed by atoms with Crippen molar-refractivity contribution in [1.29, 1.82) is 0 Å². The fraction of sp³-hybridized carbons (Fsp3) is 0.800. The van der Waals surface area contributed by atoms with Crippen molar-refractivity contribution in [3.63, 3.8) is 0 Å². The Morgan fingerprint density at radius 2 is 2.06 bits per heavy atom. The molecule has 0 aromatic heterocycles. The normalized spacial score (nSPS) is 26.5. The molecule has 1 saturated carbocycles. The van der Waals surface area contributed by atoms with Crippen molar-refractivity contribution in [2.45, 2.75) is 60.0 Å². The Labute approximate surface area is 105 Å². The average molecular weight is 238 g/mol. The fourth-order valence-electron chi connectivity index (χ4n) is 2.36. The maximum absolute atomic E-state index is 11.9. The van der Waals surface area contributed by atoms with Gasteiger partial charge < -0.3 is 4.74 Å². The summed E-state index contributed by atoms with van der Waals surface area (Å²) in [5.41, 5.74) is 0.0781. The number of rotatable bonds is 6. The van der Waals surface area contributed by atoms with Crippen LogP contribution in [-0.4, -0.2) is 12.1 Å². The molecule has 0 aromatic rings. The Balaban J connectivity index is 2.47. The molecule has 1 fully saturated rings. The predicted molar refractivity (Wildman–Crippen MR) is 70.7 cm³/mol. The molecule has 1 aliphatic rings. The minimum absolute atomic E-state index is 0.0105. The second-order valence-corrected chi connectivity index (χ2v) is 5.88. The smallest absolute Gasteiger partial charge is 0.310 e. The van der Waals surface area contributed by atoms with Crippen LogP contribution in [0.15, 0.2) is 12.2 Å². The van der Waals surface area contributed by atoms with Gasteiger partial charge in [0.25, 0.3) is 0 Å². The van der Waals surface area contributed by atoms with Crippen molar-refractivity contribution in [3.8, 4) is 0 Å². The summed E-state index contributed by atoms with van der Waals surface area (Å²) in [5, 5.41) is 0. The lowest BCUT2D eigenvalue weighted by Crippen LogP contribution is -2.15. The molecule has 2 unspecified atom stereocenters. The maximum atomic E-state index is 11.9. The number of hydrogen-bond donors (Lipinski definition) is 0. The molecular weight excluding hydrogens is 212 g/mol. The van der Waals surface area contributed by atoms with Crippen LogP contribution in [0.25, 0.3) is 0 Å². The minimum atomic E-state index is -0.0323. The molecule has 1 aliphatic carbocycles. The van der Waals surface area contributed by atoms with Crippen molar-refractivity contribution >= 4 is 5.97 Å². The van der Waals surface area contributed by atoms with Gasteiger partial charge in [-0.25, -0.2) is 0 Å². The van der Waals surface area contributed by atoms with E-state index in [1.54, 1.807) is 0 Å². The molecule has 2 heteroatoms. The Morgan fingerprint density at radius 1 is 1.41 bits per heavy atom. The van der Waals surface area contributed by atoms with Crippen LogP contribution >= 0.6 is 0 Å². The van der Waals surface area contributed by atoms with Gasteiger partial charge in [-0.15, -0.1) is 0 Å². The topological polar surface area (TPSA) is 26.3 Å². The second kappa shape index (κ2) is 5.70. The van der Waals surface area contributed by atoms with Crippen LogP contribution in [0, 0.1) is 17.3 Å². The van der Waals surface area contributed by atoms with E-state index in [1.165, 1.54) is 12.8 Å². The summed E-state index contributed by atoms with van der Waals surface area (Å²) in [4.78, 5) is 11.9. The summed E-state index contributed by atoms with van der Waals surface area (Å²) >= 11 is 0. The molecule has 0 spiro atoms. The van der Waals surface area contributed by atoms with E-state index < -0.39 is 0 Å². The molecule has 0 aromatic carbocycles. The van der Waals surface area contributed by atoms with E-state index in [0.717, 1.165) is 6.42 Å². The first kappa shape index (κ1) is 14.3. The zero-order valence-corrected chi connectivity index (χ0v) is 11.8. The van der Waals surface area contributed by atoms with Crippen molar-refractivity contribution in [1.82, 2.24) is 0 Å². The predicted octanol–water partition coefficient (Wildman–Crippen LogP) is 3.96. The average Bonchev–Trinajstić information content (AvgIpc) is 2.74. The van der Waals surface area contributed by atoms with Gasteiger partial charge in [-0.05, 0) is 31.6 Å². The summed E-state index contributed by atoms with van der Waals surface area (Å²) in [7, 11) is 0. The molecule has 2 atom stereocenters. The highest BCUT2D eigenvalue weighted by Crippen LogP contribution is 2.59. The van der Waals surface area contributed by atoms with Gasteiger partial charge >= 0.3 is 5.97 Å². The molecule has 0 saturated heterocycles. The van der Waals surface area contributed by atoms with Crippen LogP contribution < -0.4 is 0 Å². The van der Waals surface area contributed by atoms with Crippen LogP contribution in [0.5, 0.6) is 0 Å². The van der Waals surface area contributed by atoms with Crippen LogP contribution in [0.3, 0.4) is 0 Å². The van der Waals surface area contributed by atoms with E-state index in [1.807, 2.05) is 13.8 Å². The number of unbranched alkanes of at least 4 members (excludes halogenated alkanes) is 2. The first-order valence-corrected chi connectivity index (χ1v) is 6.78. The monoisotopic (exact) mass is 238 g/mol. The van der Waals surface area contributed by atoms with Gasteiger partial charge in [0.05, 0.1) is 12.0 Å². The Bertz CT molecular complexity index is 289. The van der Waals surface area contributed by atoms with Crippen LogP contribution in [0.4, 0.5) is 0 Å². The van der Waals surface area contributed by atoms with Crippen LogP contribution in [0.2, 0.25) is 0 Å². The summed E-state index contributed by atoms with van der Waals surface area (Å²) in [6.07, 6.45) is 7.99. The summed E-state index contributed by atoms with van der Waals surface area (Å²) in [6, 6.07) is 0. The number of allylic oxidation sites excluding steroid dienone is 2. The van der Waals surface area contributed by atoms with Gasteiger partial charge in [-0.2, -0.15) is 0 Å².